The van der Waals surface area contributed by atoms with Crippen molar-refractivity contribution in [1.82, 2.24) is 10.4 Å². The molecule has 0 spiro atoms. The van der Waals surface area contributed by atoms with Crippen LogP contribution in [-0.2, 0) is 10.0 Å². The van der Waals surface area contributed by atoms with Gasteiger partial charge in [0.2, 0.25) is 0 Å². The van der Waals surface area contributed by atoms with Gasteiger partial charge in [-0.2, -0.15) is 5.10 Å². The monoisotopic (exact) mass is 636 g/mol. The Hall–Kier alpha value is -5.61. The van der Waals surface area contributed by atoms with Crippen LogP contribution in [0.15, 0.2) is 88.9 Å². The molecule has 0 atom stereocenters. The first-order valence-electron chi connectivity index (χ1n) is 12.5. The first-order valence-corrected chi connectivity index (χ1v) is 14.8. The third-order valence-corrected chi connectivity index (χ3v) is 8.54. The molecule has 0 saturated carbocycles. The molecule has 1 aromatic heterocycles. The molecule has 1 amide bonds. The molecule has 4 N–H and O–H groups in total. The number of nitro benzene ring substituents is 1. The minimum Gasteiger partial charge on any atom is -0.508 e. The lowest BCUT2D eigenvalue weighted by atomic mass is 10.2. The fourth-order valence-electron chi connectivity index (χ4n) is 3.93. The molecule has 0 unspecified atom stereocenters. The highest BCUT2D eigenvalue weighted by molar-refractivity contribution is 7.93. The second-order valence-electron chi connectivity index (χ2n) is 8.98. The molecule has 44 heavy (non-hydrogen) atoms. The molecule has 5 rings (SSSR count). The van der Waals surface area contributed by atoms with E-state index in [9.17, 15) is 32.8 Å². The lowest BCUT2D eigenvalue weighted by Crippen LogP contribution is -2.20. The van der Waals surface area contributed by atoms with Gasteiger partial charge < -0.3 is 15.2 Å². The summed E-state index contributed by atoms with van der Waals surface area (Å²) in [5.41, 5.74) is 3.33. The van der Waals surface area contributed by atoms with Crippen LogP contribution in [-0.4, -0.2) is 42.7 Å². The molecular formula is C28H21FN6O7S2. The van der Waals surface area contributed by atoms with E-state index in [1.165, 1.54) is 67.9 Å². The number of fused-ring (bicyclic) bond motifs is 1. The van der Waals surface area contributed by atoms with Crippen molar-refractivity contribution in [3.63, 3.8) is 0 Å². The molecule has 0 aliphatic carbocycles. The van der Waals surface area contributed by atoms with Crippen LogP contribution < -0.4 is 20.2 Å². The van der Waals surface area contributed by atoms with Crippen LogP contribution in [0.1, 0.15) is 15.9 Å². The van der Waals surface area contributed by atoms with Crippen molar-refractivity contribution in [1.29, 1.82) is 0 Å². The number of carbonyl (C=O) groups excluding carboxylic acids is 1. The smallest absolute Gasteiger partial charge is 0.275 e. The summed E-state index contributed by atoms with van der Waals surface area (Å²) < 4.78 is 49.3. The molecule has 5 aromatic rings. The van der Waals surface area contributed by atoms with E-state index < -0.39 is 26.7 Å². The zero-order valence-corrected chi connectivity index (χ0v) is 24.1. The third-order valence-electron chi connectivity index (χ3n) is 6.07. The number of benzene rings is 4. The number of hydrazone groups is 1. The number of thiazole rings is 1. The number of sulfonamides is 1. The van der Waals surface area contributed by atoms with Gasteiger partial charge in [-0.15, -0.1) is 0 Å². The zero-order valence-electron chi connectivity index (χ0n) is 22.5. The van der Waals surface area contributed by atoms with Crippen LogP contribution in [0.25, 0.3) is 10.2 Å². The number of rotatable bonds is 10. The maximum absolute atomic E-state index is 14.8. The number of hydrogen-bond acceptors (Lipinski definition) is 11. The number of aromatic nitrogens is 1. The van der Waals surface area contributed by atoms with Crippen molar-refractivity contribution in [2.75, 3.05) is 17.1 Å². The van der Waals surface area contributed by atoms with Gasteiger partial charge in [0.05, 0.1) is 44.6 Å². The molecule has 16 heteroatoms. The SMILES string of the molecule is COc1ccc(S(=O)(=O)Nc2nc3ccc(F)c(Nc4ccc([N+](=O)[O-])cc4)c3s2)cc1C(=O)N/N=C/c1ccc(O)cc1. The van der Waals surface area contributed by atoms with Gasteiger partial charge in [-0.3, -0.25) is 19.6 Å². The number of nitrogens with zero attached hydrogens (tertiary/aromatic N) is 3. The number of nitro groups is 1. The van der Waals surface area contributed by atoms with Crippen LogP contribution in [0.3, 0.4) is 0 Å². The van der Waals surface area contributed by atoms with Gasteiger partial charge in [0, 0.05) is 17.8 Å². The number of anilines is 3. The highest BCUT2D eigenvalue weighted by atomic mass is 32.2. The Kier molecular flexibility index (Phi) is 8.36. The number of non-ortho nitro benzene ring substituents is 1. The molecule has 1 heterocycles. The Morgan fingerprint density at radius 1 is 1.09 bits per heavy atom. The average Bonchev–Trinajstić information content (AvgIpc) is 3.41. The van der Waals surface area contributed by atoms with Crippen molar-refractivity contribution in [2.24, 2.45) is 5.10 Å². The lowest BCUT2D eigenvalue weighted by Gasteiger charge is -2.10. The standard InChI is InChI=1S/C28H21FN6O7S2/c1-42-24-13-10-20(14-21(24)27(37)33-30-15-16-2-8-19(36)9-3-16)44(40,41)34-28-32-23-12-11-22(29)25(26(23)43-28)31-17-4-6-18(7-5-17)35(38)39/h2-15,31,36H,1H3,(H,32,34)(H,33,37)/b30-15+. The molecule has 0 aliphatic rings. The fourth-order valence-corrected chi connectivity index (χ4v) is 6.15. The first-order chi connectivity index (χ1) is 21.0. The van der Waals surface area contributed by atoms with Crippen molar-refractivity contribution < 1.29 is 32.4 Å². The number of nitrogens with one attached hydrogen (secondary N) is 3. The maximum Gasteiger partial charge on any atom is 0.275 e. The van der Waals surface area contributed by atoms with Crippen LogP contribution in [0.2, 0.25) is 0 Å². The maximum atomic E-state index is 14.8. The summed E-state index contributed by atoms with van der Waals surface area (Å²) in [6, 6.07) is 17.6. The number of halogens is 1. The number of hydrogen-bond donors (Lipinski definition) is 4. The number of phenols is 1. The second-order valence-corrected chi connectivity index (χ2v) is 11.7. The molecule has 224 valence electrons. The van der Waals surface area contributed by atoms with Crippen LogP contribution >= 0.6 is 11.3 Å². The number of carbonyl (C=O) groups is 1. The minimum absolute atomic E-state index is 0.00978. The summed E-state index contributed by atoms with van der Waals surface area (Å²) in [5, 5.41) is 27.0. The average molecular weight is 637 g/mol. The fraction of sp³-hybridized carbons (Fsp3) is 0.0357. The third kappa shape index (κ3) is 6.55. The summed E-state index contributed by atoms with van der Waals surface area (Å²) in [4.78, 5) is 27.2. The van der Waals surface area contributed by atoms with Gasteiger partial charge in [-0.25, -0.2) is 23.2 Å². The molecule has 4 aromatic carbocycles. The van der Waals surface area contributed by atoms with E-state index in [0.717, 1.165) is 23.5 Å². The summed E-state index contributed by atoms with van der Waals surface area (Å²) in [6.45, 7) is 0. The topological polar surface area (TPSA) is 185 Å². The van der Waals surface area contributed by atoms with E-state index in [-0.39, 0.29) is 38.5 Å². The molecule has 0 bridgehead atoms. The van der Waals surface area contributed by atoms with E-state index in [0.29, 0.717) is 21.5 Å². The predicted molar refractivity (Wildman–Crippen MR) is 163 cm³/mol. The van der Waals surface area contributed by atoms with Gasteiger partial charge in [0.15, 0.2) is 5.13 Å². The Morgan fingerprint density at radius 3 is 2.50 bits per heavy atom. The van der Waals surface area contributed by atoms with Gasteiger partial charge >= 0.3 is 0 Å². The molecule has 0 fully saturated rings. The lowest BCUT2D eigenvalue weighted by molar-refractivity contribution is -0.384. The first kappa shape index (κ1) is 29.9. The Morgan fingerprint density at radius 2 is 1.82 bits per heavy atom. The van der Waals surface area contributed by atoms with Crippen LogP contribution in [0.5, 0.6) is 11.5 Å². The summed E-state index contributed by atoms with van der Waals surface area (Å²) in [5.74, 6) is -1.22. The van der Waals surface area contributed by atoms with Crippen molar-refractivity contribution >= 4 is 65.9 Å². The number of methoxy groups -OCH3 is 1. The van der Waals surface area contributed by atoms with E-state index in [1.807, 2.05) is 0 Å². The molecular weight excluding hydrogens is 615 g/mol. The highest BCUT2D eigenvalue weighted by Crippen LogP contribution is 2.37. The van der Waals surface area contributed by atoms with E-state index >= 15 is 0 Å². The minimum atomic E-state index is -4.28. The van der Waals surface area contributed by atoms with Gasteiger partial charge in [-0.05, 0) is 72.3 Å². The summed E-state index contributed by atoms with van der Waals surface area (Å²) in [6.07, 6.45) is 1.34. The normalized spacial score (nSPS) is 11.4. The highest BCUT2D eigenvalue weighted by Gasteiger charge is 2.22. The second kappa shape index (κ2) is 12.3. The quantitative estimate of drug-likeness (QED) is 0.0889. The largest absolute Gasteiger partial charge is 0.508 e. The number of phenolic OH excluding ortho intramolecular Hbond substituents is 1. The van der Waals surface area contributed by atoms with E-state index in [4.69, 9.17) is 4.74 Å². The summed E-state index contributed by atoms with van der Waals surface area (Å²) >= 11 is 0.864. The zero-order chi connectivity index (χ0) is 31.4. The van der Waals surface area contributed by atoms with E-state index in [1.54, 1.807) is 12.1 Å². The Balaban J connectivity index is 1.38. The van der Waals surface area contributed by atoms with Crippen molar-refractivity contribution in [2.45, 2.75) is 4.90 Å². The van der Waals surface area contributed by atoms with Crippen LogP contribution in [0, 0.1) is 15.9 Å². The Bertz CT molecular complexity index is 2020. The molecule has 0 aliphatic heterocycles. The van der Waals surface area contributed by atoms with Crippen molar-refractivity contribution in [3.05, 3.63) is 106 Å². The van der Waals surface area contributed by atoms with Crippen LogP contribution in [0.4, 0.5) is 26.6 Å². The van der Waals surface area contributed by atoms with Crippen molar-refractivity contribution in [3.8, 4) is 11.5 Å². The summed E-state index contributed by atoms with van der Waals surface area (Å²) in [7, 11) is -2.96. The predicted octanol–water partition coefficient (Wildman–Crippen LogP) is 5.37. The number of ether oxygens (including phenoxy) is 1. The van der Waals surface area contributed by atoms with Gasteiger partial charge in [-0.1, -0.05) is 11.3 Å². The molecule has 0 radical (unpaired) electrons. The number of amides is 1. The molecule has 0 saturated heterocycles. The van der Waals surface area contributed by atoms with Gasteiger partial charge in [0.25, 0.3) is 21.6 Å². The number of aromatic hydroxyl groups is 1. The van der Waals surface area contributed by atoms with Gasteiger partial charge in [0.1, 0.15) is 17.3 Å². The molecule has 13 nitrogen and oxygen atoms in total. The van der Waals surface area contributed by atoms with E-state index in [2.05, 4.69) is 25.6 Å². The Labute approximate surface area is 252 Å².